The van der Waals surface area contributed by atoms with Crippen molar-refractivity contribution in [3.05, 3.63) is 92.9 Å². The lowest BCUT2D eigenvalue weighted by atomic mass is 10.0. The number of thiazole rings is 1. The predicted molar refractivity (Wildman–Crippen MR) is 135 cm³/mol. The molecule has 0 spiro atoms. The highest BCUT2D eigenvalue weighted by atomic mass is 79.9. The SMILES string of the molecule is O=C(Nc1c(Cl)cc(Cl)cc1-c1nc2ccccc2s1)c1cccc2c(Br)cccc12. The van der Waals surface area contributed by atoms with Crippen LogP contribution >= 0.6 is 50.5 Å². The quantitative estimate of drug-likeness (QED) is 0.256. The molecule has 0 aliphatic heterocycles. The number of benzene rings is 4. The average molecular weight is 528 g/mol. The summed E-state index contributed by atoms with van der Waals surface area (Å²) in [6, 6.07) is 22.7. The number of amides is 1. The predicted octanol–water partition coefficient (Wildman–Crippen LogP) is 8.44. The Kier molecular flexibility index (Phi) is 5.44. The Morgan fingerprint density at radius 3 is 2.55 bits per heavy atom. The molecule has 0 bridgehead atoms. The van der Waals surface area contributed by atoms with Gasteiger partial charge < -0.3 is 5.32 Å². The van der Waals surface area contributed by atoms with Gasteiger partial charge in [-0.15, -0.1) is 11.3 Å². The molecule has 3 nitrogen and oxygen atoms in total. The third-order valence-electron chi connectivity index (χ3n) is 4.93. The third kappa shape index (κ3) is 3.83. The van der Waals surface area contributed by atoms with E-state index in [2.05, 4.69) is 21.2 Å². The van der Waals surface area contributed by atoms with Crippen LogP contribution in [0.4, 0.5) is 5.69 Å². The van der Waals surface area contributed by atoms with Crippen molar-refractivity contribution in [2.75, 3.05) is 5.32 Å². The molecule has 0 atom stereocenters. The van der Waals surface area contributed by atoms with Crippen LogP contribution in [-0.4, -0.2) is 10.9 Å². The van der Waals surface area contributed by atoms with Crippen LogP contribution in [0.25, 0.3) is 31.6 Å². The van der Waals surface area contributed by atoms with Gasteiger partial charge in [-0.05, 0) is 47.2 Å². The van der Waals surface area contributed by atoms with E-state index in [0.717, 1.165) is 30.5 Å². The van der Waals surface area contributed by atoms with Crippen LogP contribution in [0.15, 0.2) is 77.3 Å². The lowest BCUT2D eigenvalue weighted by Crippen LogP contribution is -2.13. The minimum atomic E-state index is -0.254. The van der Waals surface area contributed by atoms with Gasteiger partial charge in [0.05, 0.1) is 20.9 Å². The highest BCUT2D eigenvalue weighted by Crippen LogP contribution is 2.40. The van der Waals surface area contributed by atoms with E-state index >= 15 is 0 Å². The fraction of sp³-hybridized carbons (Fsp3) is 0. The first-order valence-electron chi connectivity index (χ1n) is 9.35. The minimum Gasteiger partial charge on any atom is -0.320 e. The normalized spacial score (nSPS) is 11.2. The fourth-order valence-corrected chi connectivity index (χ4v) is 5.53. The number of carbonyl (C=O) groups excluding carboxylic acids is 1. The van der Waals surface area contributed by atoms with Crippen LogP contribution in [-0.2, 0) is 0 Å². The molecule has 1 heterocycles. The van der Waals surface area contributed by atoms with Crippen molar-refractivity contribution in [1.29, 1.82) is 0 Å². The van der Waals surface area contributed by atoms with E-state index in [9.17, 15) is 4.79 Å². The molecule has 7 heteroatoms. The van der Waals surface area contributed by atoms with E-state index in [-0.39, 0.29) is 5.91 Å². The maximum absolute atomic E-state index is 13.3. The zero-order chi connectivity index (χ0) is 21.5. The van der Waals surface area contributed by atoms with Crippen molar-refractivity contribution in [2.45, 2.75) is 0 Å². The standard InChI is InChI=1S/C24H13BrCl2N2OS/c25-18-8-4-5-14-15(18)6-3-7-16(14)23(30)29-22-17(11-13(26)12-19(22)27)24-28-20-9-1-2-10-21(20)31-24/h1-12H,(H,29,30). The first-order chi connectivity index (χ1) is 15.0. The van der Waals surface area contributed by atoms with Crippen LogP contribution in [0.1, 0.15) is 10.4 Å². The van der Waals surface area contributed by atoms with Gasteiger partial charge in [0, 0.05) is 20.6 Å². The molecule has 5 aromatic rings. The van der Waals surface area contributed by atoms with Crippen LogP contribution in [0.2, 0.25) is 10.0 Å². The summed E-state index contributed by atoms with van der Waals surface area (Å²) in [5.74, 6) is -0.254. The number of nitrogens with one attached hydrogen (secondary N) is 1. The number of aromatic nitrogens is 1. The summed E-state index contributed by atoms with van der Waals surface area (Å²) in [5, 5.41) is 6.38. The molecule has 152 valence electrons. The molecule has 1 amide bonds. The highest BCUT2D eigenvalue weighted by molar-refractivity contribution is 9.10. The molecule has 31 heavy (non-hydrogen) atoms. The monoisotopic (exact) mass is 526 g/mol. The molecule has 1 N–H and O–H groups in total. The molecular weight excluding hydrogens is 515 g/mol. The van der Waals surface area contributed by atoms with Crippen molar-refractivity contribution in [1.82, 2.24) is 4.98 Å². The number of carbonyl (C=O) groups is 1. The second-order valence-corrected chi connectivity index (χ2v) is 9.62. The Balaban J connectivity index is 1.62. The van der Waals surface area contributed by atoms with Crippen molar-refractivity contribution in [3.63, 3.8) is 0 Å². The summed E-state index contributed by atoms with van der Waals surface area (Å²) in [6.45, 7) is 0. The van der Waals surface area contributed by atoms with Crippen molar-refractivity contribution >= 4 is 83.1 Å². The molecule has 0 aliphatic rings. The molecule has 5 rings (SSSR count). The summed E-state index contributed by atoms with van der Waals surface area (Å²) in [4.78, 5) is 18.0. The number of rotatable bonds is 3. The average Bonchev–Trinajstić information content (AvgIpc) is 3.19. The number of hydrogen-bond donors (Lipinski definition) is 1. The largest absolute Gasteiger partial charge is 0.320 e. The highest BCUT2D eigenvalue weighted by Gasteiger charge is 2.19. The Hall–Kier alpha value is -2.44. The zero-order valence-corrected chi connectivity index (χ0v) is 19.7. The second kappa shape index (κ2) is 8.24. The van der Waals surface area contributed by atoms with Gasteiger partial charge in [-0.2, -0.15) is 0 Å². The van der Waals surface area contributed by atoms with Gasteiger partial charge in [0.25, 0.3) is 5.91 Å². The van der Waals surface area contributed by atoms with Crippen molar-refractivity contribution in [2.24, 2.45) is 0 Å². The first kappa shape index (κ1) is 20.5. The molecular formula is C24H13BrCl2N2OS. The van der Waals surface area contributed by atoms with Crippen molar-refractivity contribution < 1.29 is 4.79 Å². The molecule has 0 unspecified atom stereocenters. The summed E-state index contributed by atoms with van der Waals surface area (Å²) in [6.07, 6.45) is 0. The van der Waals surface area contributed by atoms with Crippen LogP contribution in [0.3, 0.4) is 0 Å². The van der Waals surface area contributed by atoms with E-state index in [1.54, 1.807) is 18.2 Å². The lowest BCUT2D eigenvalue weighted by molar-refractivity contribution is 0.102. The van der Waals surface area contributed by atoms with Gasteiger partial charge in [0.15, 0.2) is 0 Å². The summed E-state index contributed by atoms with van der Waals surface area (Å²) < 4.78 is 1.98. The van der Waals surface area contributed by atoms with Gasteiger partial charge in [-0.1, -0.05) is 75.5 Å². The molecule has 0 fully saturated rings. The van der Waals surface area contributed by atoms with E-state index in [4.69, 9.17) is 28.2 Å². The van der Waals surface area contributed by atoms with Crippen LogP contribution in [0, 0.1) is 0 Å². The second-order valence-electron chi connectivity index (χ2n) is 6.89. The third-order valence-corrected chi connectivity index (χ3v) is 7.21. The Bertz CT molecular complexity index is 1450. The Morgan fingerprint density at radius 1 is 0.935 bits per heavy atom. The van der Waals surface area contributed by atoms with Gasteiger partial charge in [-0.25, -0.2) is 4.98 Å². The Labute approximate surface area is 200 Å². The maximum Gasteiger partial charge on any atom is 0.256 e. The van der Waals surface area contributed by atoms with Gasteiger partial charge in [0.1, 0.15) is 5.01 Å². The lowest BCUT2D eigenvalue weighted by Gasteiger charge is -2.14. The summed E-state index contributed by atoms with van der Waals surface area (Å²) in [7, 11) is 0. The number of halogens is 3. The van der Waals surface area contributed by atoms with E-state index in [0.29, 0.717) is 26.9 Å². The van der Waals surface area contributed by atoms with E-state index in [1.807, 2.05) is 54.6 Å². The molecule has 0 aliphatic carbocycles. The number of nitrogens with zero attached hydrogens (tertiary/aromatic N) is 1. The smallest absolute Gasteiger partial charge is 0.256 e. The number of anilines is 1. The number of para-hydroxylation sites is 1. The molecule has 0 radical (unpaired) electrons. The van der Waals surface area contributed by atoms with Gasteiger partial charge >= 0.3 is 0 Å². The van der Waals surface area contributed by atoms with E-state index < -0.39 is 0 Å². The maximum atomic E-state index is 13.3. The van der Waals surface area contributed by atoms with Gasteiger partial charge in [-0.3, -0.25) is 4.79 Å². The van der Waals surface area contributed by atoms with Gasteiger partial charge in [0.2, 0.25) is 0 Å². The number of fused-ring (bicyclic) bond motifs is 2. The molecule has 4 aromatic carbocycles. The molecule has 0 saturated heterocycles. The number of hydrogen-bond acceptors (Lipinski definition) is 3. The minimum absolute atomic E-state index is 0.254. The molecule has 0 saturated carbocycles. The molecule has 1 aromatic heterocycles. The zero-order valence-electron chi connectivity index (χ0n) is 15.8. The van der Waals surface area contributed by atoms with Crippen molar-refractivity contribution in [3.8, 4) is 10.6 Å². The first-order valence-corrected chi connectivity index (χ1v) is 11.7. The van der Waals surface area contributed by atoms with E-state index in [1.165, 1.54) is 11.3 Å². The van der Waals surface area contributed by atoms with Crippen LogP contribution in [0.5, 0.6) is 0 Å². The fourth-order valence-electron chi connectivity index (χ4n) is 3.51. The Morgan fingerprint density at radius 2 is 1.71 bits per heavy atom. The summed E-state index contributed by atoms with van der Waals surface area (Å²) >= 11 is 17.9. The topological polar surface area (TPSA) is 42.0 Å². The van der Waals surface area contributed by atoms with Crippen LogP contribution < -0.4 is 5.32 Å². The summed E-state index contributed by atoms with van der Waals surface area (Å²) in [5.41, 5.74) is 2.62.